The van der Waals surface area contributed by atoms with Crippen molar-refractivity contribution in [1.82, 2.24) is 10.2 Å². The Bertz CT molecular complexity index is 322. The second-order valence-electron chi connectivity index (χ2n) is 6.88. The van der Waals surface area contributed by atoms with Gasteiger partial charge >= 0.3 is 6.09 Å². The number of amides is 1. The highest BCUT2D eigenvalue weighted by Gasteiger charge is 2.30. The first-order chi connectivity index (χ1) is 9.44. The molecule has 1 amide bonds. The quantitative estimate of drug-likeness (QED) is 0.861. The van der Waals surface area contributed by atoms with Gasteiger partial charge in [0.1, 0.15) is 5.60 Å². The third-order valence-electron chi connectivity index (χ3n) is 3.85. The molecule has 1 unspecified atom stereocenters. The number of carbonyl (C=O) groups is 1. The van der Waals surface area contributed by atoms with Crippen LogP contribution in [0, 0.1) is 5.92 Å². The summed E-state index contributed by atoms with van der Waals surface area (Å²) < 4.78 is 10.8. The van der Waals surface area contributed by atoms with Gasteiger partial charge in [0, 0.05) is 32.3 Å². The maximum atomic E-state index is 12.0. The van der Waals surface area contributed by atoms with E-state index >= 15 is 0 Å². The number of nitrogens with one attached hydrogen (secondary N) is 1. The maximum absolute atomic E-state index is 12.0. The highest BCUT2D eigenvalue weighted by atomic mass is 16.6. The molecule has 116 valence electrons. The van der Waals surface area contributed by atoms with Crippen molar-refractivity contribution in [3.05, 3.63) is 0 Å². The van der Waals surface area contributed by atoms with Gasteiger partial charge in [-0.25, -0.2) is 4.79 Å². The van der Waals surface area contributed by atoms with Crippen LogP contribution in [0.25, 0.3) is 0 Å². The van der Waals surface area contributed by atoms with Crippen molar-refractivity contribution < 1.29 is 14.3 Å². The first-order valence-corrected chi connectivity index (χ1v) is 7.73. The minimum atomic E-state index is -0.407. The van der Waals surface area contributed by atoms with Gasteiger partial charge < -0.3 is 19.7 Å². The van der Waals surface area contributed by atoms with Gasteiger partial charge in [-0.3, -0.25) is 0 Å². The summed E-state index contributed by atoms with van der Waals surface area (Å²) >= 11 is 0. The van der Waals surface area contributed by atoms with Crippen molar-refractivity contribution in [3.8, 4) is 0 Å². The van der Waals surface area contributed by atoms with Crippen LogP contribution in [0.3, 0.4) is 0 Å². The molecule has 2 heterocycles. The third-order valence-corrected chi connectivity index (χ3v) is 3.85. The molecular weight excluding hydrogens is 256 g/mol. The smallest absolute Gasteiger partial charge is 0.410 e. The Balaban J connectivity index is 1.68. The van der Waals surface area contributed by atoms with Gasteiger partial charge in [0.05, 0.1) is 0 Å². The molecular formula is C15H28N2O3. The number of rotatable bonds is 3. The van der Waals surface area contributed by atoms with E-state index in [-0.39, 0.29) is 6.09 Å². The average Bonchev–Trinajstić information content (AvgIpc) is 2.84. The number of likely N-dealkylation sites (tertiary alicyclic amines) is 1. The second-order valence-corrected chi connectivity index (χ2v) is 6.88. The van der Waals surface area contributed by atoms with E-state index in [0.717, 1.165) is 52.1 Å². The molecule has 0 aliphatic carbocycles. The molecule has 0 aromatic rings. The Morgan fingerprint density at radius 2 is 2.00 bits per heavy atom. The first-order valence-electron chi connectivity index (χ1n) is 7.73. The molecule has 0 saturated carbocycles. The monoisotopic (exact) mass is 284 g/mol. The fraction of sp³-hybridized carbons (Fsp3) is 0.933. The van der Waals surface area contributed by atoms with Crippen LogP contribution in [0.1, 0.15) is 40.0 Å². The fourth-order valence-electron chi connectivity index (χ4n) is 2.73. The molecule has 1 atom stereocenters. The van der Waals surface area contributed by atoms with Gasteiger partial charge in [-0.1, -0.05) is 0 Å². The van der Waals surface area contributed by atoms with Gasteiger partial charge in [-0.05, 0) is 52.5 Å². The van der Waals surface area contributed by atoms with Crippen molar-refractivity contribution in [2.75, 3.05) is 32.8 Å². The van der Waals surface area contributed by atoms with E-state index in [2.05, 4.69) is 5.32 Å². The lowest BCUT2D eigenvalue weighted by atomic mass is 10.1. The zero-order chi connectivity index (χ0) is 14.6. The summed E-state index contributed by atoms with van der Waals surface area (Å²) in [5, 5.41) is 3.61. The van der Waals surface area contributed by atoms with E-state index < -0.39 is 5.60 Å². The average molecular weight is 284 g/mol. The maximum Gasteiger partial charge on any atom is 0.410 e. The predicted octanol–water partition coefficient (Wildman–Crippen LogP) is 2.01. The number of carbonyl (C=O) groups excluding carboxylic acids is 1. The van der Waals surface area contributed by atoms with Crippen molar-refractivity contribution in [1.29, 1.82) is 0 Å². The summed E-state index contributed by atoms with van der Waals surface area (Å²) in [7, 11) is 0. The zero-order valence-corrected chi connectivity index (χ0v) is 13.0. The minimum absolute atomic E-state index is 0.175. The normalized spacial score (nSPS) is 24.9. The fourth-order valence-corrected chi connectivity index (χ4v) is 2.73. The first kappa shape index (κ1) is 15.6. The Kier molecular flexibility index (Phi) is 5.27. The second kappa shape index (κ2) is 6.76. The molecule has 0 bridgehead atoms. The summed E-state index contributed by atoms with van der Waals surface area (Å²) in [6.07, 6.45) is 3.09. The van der Waals surface area contributed by atoms with Crippen molar-refractivity contribution >= 4 is 6.09 Å². The molecule has 2 saturated heterocycles. The Hall–Kier alpha value is -0.810. The van der Waals surface area contributed by atoms with Crippen LogP contribution >= 0.6 is 0 Å². The van der Waals surface area contributed by atoms with E-state index in [9.17, 15) is 4.79 Å². The van der Waals surface area contributed by atoms with E-state index in [1.807, 2.05) is 25.7 Å². The largest absolute Gasteiger partial charge is 0.444 e. The molecule has 5 heteroatoms. The minimum Gasteiger partial charge on any atom is -0.444 e. The van der Waals surface area contributed by atoms with Gasteiger partial charge in [0.25, 0.3) is 0 Å². The van der Waals surface area contributed by atoms with E-state index in [0.29, 0.717) is 12.0 Å². The van der Waals surface area contributed by atoms with Crippen LogP contribution in [-0.2, 0) is 9.47 Å². The topological polar surface area (TPSA) is 50.8 Å². The highest BCUT2D eigenvalue weighted by molar-refractivity contribution is 5.68. The molecule has 20 heavy (non-hydrogen) atoms. The molecule has 1 N–H and O–H groups in total. The number of hydrogen-bond acceptors (Lipinski definition) is 4. The summed E-state index contributed by atoms with van der Waals surface area (Å²) in [6.45, 7) is 10.1. The van der Waals surface area contributed by atoms with Crippen LogP contribution in [0.15, 0.2) is 0 Å². The molecule has 2 rings (SSSR count). The van der Waals surface area contributed by atoms with Crippen molar-refractivity contribution in [2.24, 2.45) is 5.92 Å². The summed E-state index contributed by atoms with van der Waals surface area (Å²) in [5.41, 5.74) is -0.407. The molecule has 2 aliphatic rings. The SMILES string of the molecule is CC(C)(C)OC(=O)N1CCC(CNC2CCOCC2)C1. The van der Waals surface area contributed by atoms with Gasteiger partial charge in [-0.2, -0.15) is 0 Å². The number of ether oxygens (including phenoxy) is 2. The Morgan fingerprint density at radius 3 is 2.65 bits per heavy atom. The van der Waals surface area contributed by atoms with Crippen LogP contribution in [0.2, 0.25) is 0 Å². The van der Waals surface area contributed by atoms with Crippen LogP contribution < -0.4 is 5.32 Å². The number of nitrogens with zero attached hydrogens (tertiary/aromatic N) is 1. The zero-order valence-electron chi connectivity index (χ0n) is 13.0. The molecule has 2 aliphatic heterocycles. The van der Waals surface area contributed by atoms with E-state index in [1.165, 1.54) is 0 Å². The van der Waals surface area contributed by atoms with Crippen molar-refractivity contribution in [3.63, 3.8) is 0 Å². The predicted molar refractivity (Wildman–Crippen MR) is 77.8 cm³/mol. The summed E-state index contributed by atoms with van der Waals surface area (Å²) in [5.74, 6) is 0.547. The Labute approximate surface area is 122 Å². The van der Waals surface area contributed by atoms with Gasteiger partial charge in [0.2, 0.25) is 0 Å². The summed E-state index contributed by atoms with van der Waals surface area (Å²) in [6, 6.07) is 0.583. The number of hydrogen-bond donors (Lipinski definition) is 1. The van der Waals surface area contributed by atoms with Crippen LogP contribution in [0.4, 0.5) is 4.79 Å². The lowest BCUT2D eigenvalue weighted by Crippen LogP contribution is -2.39. The van der Waals surface area contributed by atoms with E-state index in [4.69, 9.17) is 9.47 Å². The van der Waals surface area contributed by atoms with Crippen LogP contribution in [0.5, 0.6) is 0 Å². The van der Waals surface area contributed by atoms with Gasteiger partial charge in [0.15, 0.2) is 0 Å². The van der Waals surface area contributed by atoms with Crippen molar-refractivity contribution in [2.45, 2.75) is 51.7 Å². The van der Waals surface area contributed by atoms with Gasteiger partial charge in [-0.15, -0.1) is 0 Å². The third kappa shape index (κ3) is 4.94. The molecule has 2 fully saturated rings. The highest BCUT2D eigenvalue weighted by Crippen LogP contribution is 2.19. The standard InChI is InChI=1S/C15H28N2O3/c1-15(2,3)20-14(18)17-7-4-12(11-17)10-16-13-5-8-19-9-6-13/h12-13,16H,4-11H2,1-3H3. The lowest BCUT2D eigenvalue weighted by molar-refractivity contribution is 0.0287. The molecule has 0 radical (unpaired) electrons. The molecule has 0 aromatic carbocycles. The molecule has 0 aromatic heterocycles. The van der Waals surface area contributed by atoms with Crippen LogP contribution in [-0.4, -0.2) is 55.5 Å². The molecule has 0 spiro atoms. The molecule has 5 nitrogen and oxygen atoms in total. The van der Waals surface area contributed by atoms with E-state index in [1.54, 1.807) is 0 Å². The Morgan fingerprint density at radius 1 is 1.30 bits per heavy atom. The lowest BCUT2D eigenvalue weighted by Gasteiger charge is -2.26. The summed E-state index contributed by atoms with van der Waals surface area (Å²) in [4.78, 5) is 13.8.